The molecule has 6 nitrogen and oxygen atoms in total. The van der Waals surface area contributed by atoms with Crippen LogP contribution in [0.25, 0.3) is 5.69 Å². The lowest BCUT2D eigenvalue weighted by Gasteiger charge is -2.12. The van der Waals surface area contributed by atoms with E-state index in [-0.39, 0.29) is 17.5 Å². The van der Waals surface area contributed by atoms with Crippen molar-refractivity contribution >= 4 is 23.4 Å². The Bertz CT molecular complexity index is 945. The van der Waals surface area contributed by atoms with Crippen LogP contribution in [0.3, 0.4) is 0 Å². The molecule has 1 amide bonds. The number of nitrogens with zero attached hydrogens (tertiary/aromatic N) is 2. The molecule has 0 unspecified atom stereocenters. The molecule has 0 aliphatic heterocycles. The van der Waals surface area contributed by atoms with Gasteiger partial charge in [-0.25, -0.2) is 9.37 Å². The minimum atomic E-state index is -0.332. The Balaban J connectivity index is 1.66. The van der Waals surface area contributed by atoms with Crippen LogP contribution < -0.4 is 14.8 Å². The van der Waals surface area contributed by atoms with Crippen molar-refractivity contribution < 1.29 is 18.7 Å². The molecule has 0 fully saturated rings. The van der Waals surface area contributed by atoms with Crippen molar-refractivity contribution in [2.24, 2.45) is 0 Å². The van der Waals surface area contributed by atoms with E-state index >= 15 is 0 Å². The molecule has 1 N–H and O–H groups in total. The lowest BCUT2D eigenvalue weighted by Crippen LogP contribution is -2.15. The molecular formula is C19H18FN3O3S. The van der Waals surface area contributed by atoms with Gasteiger partial charge in [0.25, 0.3) is 0 Å². The summed E-state index contributed by atoms with van der Waals surface area (Å²) in [7, 11) is 3.08. The van der Waals surface area contributed by atoms with Gasteiger partial charge in [-0.2, -0.15) is 0 Å². The number of imidazole rings is 1. The van der Waals surface area contributed by atoms with Gasteiger partial charge in [-0.15, -0.1) is 0 Å². The summed E-state index contributed by atoms with van der Waals surface area (Å²) < 4.78 is 25.6. The average molecular weight is 387 g/mol. The zero-order chi connectivity index (χ0) is 19.2. The quantitative estimate of drug-likeness (QED) is 0.626. The molecule has 8 heteroatoms. The summed E-state index contributed by atoms with van der Waals surface area (Å²) >= 11 is 1.25. The number of benzene rings is 2. The highest BCUT2D eigenvalue weighted by atomic mass is 32.2. The standard InChI is InChI=1S/C19H18FN3O3S/c1-25-15-6-7-16(17(11-15)26-2)22-18(24)12-27-19-21-8-9-23(19)14-5-3-4-13(20)10-14/h3-11H,12H2,1-2H3,(H,22,24). The average Bonchev–Trinajstić information content (AvgIpc) is 3.15. The Morgan fingerprint density at radius 1 is 1.22 bits per heavy atom. The van der Waals surface area contributed by atoms with Crippen LogP contribution in [0.15, 0.2) is 60.0 Å². The molecule has 0 bridgehead atoms. The summed E-state index contributed by atoms with van der Waals surface area (Å²) in [5.41, 5.74) is 1.20. The van der Waals surface area contributed by atoms with Crippen molar-refractivity contribution in [2.45, 2.75) is 5.16 Å². The predicted molar refractivity (Wildman–Crippen MR) is 102 cm³/mol. The molecule has 1 heterocycles. The molecule has 0 saturated heterocycles. The second-order valence-corrected chi connectivity index (χ2v) is 6.41. The van der Waals surface area contributed by atoms with Crippen LogP contribution in [0.4, 0.5) is 10.1 Å². The first-order valence-corrected chi connectivity index (χ1v) is 9.03. The van der Waals surface area contributed by atoms with Crippen LogP contribution in [-0.2, 0) is 4.79 Å². The van der Waals surface area contributed by atoms with Crippen LogP contribution in [0, 0.1) is 5.82 Å². The first kappa shape index (κ1) is 18.8. The fourth-order valence-electron chi connectivity index (χ4n) is 2.44. The van der Waals surface area contributed by atoms with Gasteiger partial charge in [0, 0.05) is 18.5 Å². The van der Waals surface area contributed by atoms with E-state index in [1.54, 1.807) is 54.4 Å². The van der Waals surface area contributed by atoms with Crippen molar-refractivity contribution in [3.8, 4) is 17.2 Å². The fraction of sp³-hybridized carbons (Fsp3) is 0.158. The zero-order valence-corrected chi connectivity index (χ0v) is 15.6. The highest BCUT2D eigenvalue weighted by Crippen LogP contribution is 2.29. The summed E-state index contributed by atoms with van der Waals surface area (Å²) in [6.45, 7) is 0. The van der Waals surface area contributed by atoms with E-state index in [4.69, 9.17) is 9.47 Å². The third kappa shape index (κ3) is 4.59. The lowest BCUT2D eigenvalue weighted by molar-refractivity contribution is -0.113. The molecular weight excluding hydrogens is 369 g/mol. The maximum atomic E-state index is 13.4. The first-order valence-electron chi connectivity index (χ1n) is 8.04. The number of rotatable bonds is 7. The van der Waals surface area contributed by atoms with Gasteiger partial charge < -0.3 is 14.8 Å². The van der Waals surface area contributed by atoms with E-state index in [0.717, 1.165) is 0 Å². The largest absolute Gasteiger partial charge is 0.497 e. The van der Waals surface area contributed by atoms with Gasteiger partial charge in [0.05, 0.1) is 31.3 Å². The van der Waals surface area contributed by atoms with Gasteiger partial charge in [0.1, 0.15) is 17.3 Å². The number of thioether (sulfide) groups is 1. The zero-order valence-electron chi connectivity index (χ0n) is 14.8. The molecule has 0 saturated carbocycles. The van der Waals surface area contributed by atoms with Crippen LogP contribution in [0.5, 0.6) is 11.5 Å². The molecule has 0 atom stereocenters. The molecule has 0 aliphatic carbocycles. The van der Waals surface area contributed by atoms with E-state index in [9.17, 15) is 9.18 Å². The summed E-state index contributed by atoms with van der Waals surface area (Å²) in [5, 5.41) is 3.40. The van der Waals surface area contributed by atoms with Gasteiger partial charge in [0.2, 0.25) is 5.91 Å². The highest BCUT2D eigenvalue weighted by molar-refractivity contribution is 7.99. The number of hydrogen-bond acceptors (Lipinski definition) is 5. The maximum Gasteiger partial charge on any atom is 0.234 e. The first-order chi connectivity index (χ1) is 13.1. The summed E-state index contributed by atoms with van der Waals surface area (Å²) in [6.07, 6.45) is 3.33. The highest BCUT2D eigenvalue weighted by Gasteiger charge is 2.12. The second-order valence-electron chi connectivity index (χ2n) is 5.46. The van der Waals surface area contributed by atoms with E-state index in [1.165, 1.54) is 31.0 Å². The SMILES string of the molecule is COc1ccc(NC(=O)CSc2nccn2-c2cccc(F)c2)c(OC)c1. The molecule has 3 aromatic rings. The van der Waals surface area contributed by atoms with Crippen molar-refractivity contribution in [3.63, 3.8) is 0 Å². The number of hydrogen-bond donors (Lipinski definition) is 1. The third-order valence-electron chi connectivity index (χ3n) is 3.71. The fourth-order valence-corrected chi connectivity index (χ4v) is 3.21. The summed E-state index contributed by atoms with van der Waals surface area (Å²) in [5.74, 6) is 0.741. The molecule has 0 aliphatic rings. The molecule has 0 radical (unpaired) electrons. The minimum Gasteiger partial charge on any atom is -0.497 e. The molecule has 0 spiro atoms. The van der Waals surface area contributed by atoms with Crippen molar-refractivity contribution in [1.82, 2.24) is 9.55 Å². The molecule has 27 heavy (non-hydrogen) atoms. The van der Waals surface area contributed by atoms with Crippen LogP contribution >= 0.6 is 11.8 Å². The number of anilines is 1. The Hall–Kier alpha value is -3.00. The Labute approximate surface area is 160 Å². The van der Waals surface area contributed by atoms with Crippen LogP contribution in [0.2, 0.25) is 0 Å². The van der Waals surface area contributed by atoms with Gasteiger partial charge in [-0.3, -0.25) is 9.36 Å². The van der Waals surface area contributed by atoms with Gasteiger partial charge in [-0.1, -0.05) is 17.8 Å². The lowest BCUT2D eigenvalue weighted by atomic mass is 10.2. The van der Waals surface area contributed by atoms with Crippen molar-refractivity contribution in [3.05, 3.63) is 60.7 Å². The van der Waals surface area contributed by atoms with Crippen LogP contribution in [-0.4, -0.2) is 35.4 Å². The minimum absolute atomic E-state index is 0.140. The Morgan fingerprint density at radius 2 is 2.07 bits per heavy atom. The molecule has 1 aromatic heterocycles. The smallest absolute Gasteiger partial charge is 0.234 e. The number of carbonyl (C=O) groups excluding carboxylic acids is 1. The van der Waals surface area contributed by atoms with E-state index in [1.807, 2.05) is 0 Å². The number of methoxy groups -OCH3 is 2. The monoisotopic (exact) mass is 387 g/mol. The summed E-state index contributed by atoms with van der Waals surface area (Å²) in [4.78, 5) is 16.6. The Morgan fingerprint density at radius 3 is 2.81 bits per heavy atom. The number of ether oxygens (including phenoxy) is 2. The maximum absolute atomic E-state index is 13.4. The molecule has 3 rings (SSSR count). The number of carbonyl (C=O) groups is 1. The van der Waals surface area contributed by atoms with Gasteiger partial charge in [-0.05, 0) is 30.3 Å². The molecule has 2 aromatic carbocycles. The molecule has 140 valence electrons. The van der Waals surface area contributed by atoms with Gasteiger partial charge in [0.15, 0.2) is 5.16 Å². The predicted octanol–water partition coefficient (Wildman–Crippen LogP) is 3.76. The normalized spacial score (nSPS) is 10.5. The van der Waals surface area contributed by atoms with E-state index < -0.39 is 0 Å². The van der Waals surface area contributed by atoms with E-state index in [2.05, 4.69) is 10.3 Å². The number of nitrogens with one attached hydrogen (secondary N) is 1. The van der Waals surface area contributed by atoms with Gasteiger partial charge >= 0.3 is 0 Å². The topological polar surface area (TPSA) is 65.4 Å². The summed E-state index contributed by atoms with van der Waals surface area (Å²) in [6, 6.07) is 11.3. The number of aromatic nitrogens is 2. The Kier molecular flexibility index (Phi) is 5.97. The third-order valence-corrected chi connectivity index (χ3v) is 4.68. The van der Waals surface area contributed by atoms with Crippen molar-refractivity contribution in [2.75, 3.05) is 25.3 Å². The van der Waals surface area contributed by atoms with Crippen LogP contribution in [0.1, 0.15) is 0 Å². The second kappa shape index (κ2) is 8.59. The number of halogens is 1. The van der Waals surface area contributed by atoms with E-state index in [0.29, 0.717) is 28.0 Å². The number of amides is 1. The van der Waals surface area contributed by atoms with Crippen molar-refractivity contribution in [1.29, 1.82) is 0 Å².